The van der Waals surface area contributed by atoms with Gasteiger partial charge >= 0.3 is 11.8 Å². The van der Waals surface area contributed by atoms with Crippen LogP contribution in [-0.2, 0) is 14.4 Å². The number of likely N-dealkylation sites (N-methyl/N-ethyl adjacent to an activating group) is 1. The average Bonchev–Trinajstić information content (AvgIpc) is 2.25. The standard InChI is InChI=1S/C11H18N2O3/c1-4-12-5-6-13(11(16)10(12)15)7-9(14)8(2)3/h8H,4-7H2,1-3H3. The van der Waals surface area contributed by atoms with Gasteiger partial charge in [0, 0.05) is 25.6 Å². The van der Waals surface area contributed by atoms with Crippen LogP contribution in [0, 0.1) is 5.92 Å². The molecule has 5 heteroatoms. The number of hydrogen-bond acceptors (Lipinski definition) is 3. The van der Waals surface area contributed by atoms with Gasteiger partial charge in [0.05, 0.1) is 6.54 Å². The van der Waals surface area contributed by atoms with E-state index in [1.54, 1.807) is 13.8 Å². The summed E-state index contributed by atoms with van der Waals surface area (Å²) >= 11 is 0. The molecule has 1 aliphatic heterocycles. The first-order valence-electron chi connectivity index (χ1n) is 5.58. The van der Waals surface area contributed by atoms with Crippen molar-refractivity contribution in [3.63, 3.8) is 0 Å². The molecule has 0 N–H and O–H groups in total. The molecule has 16 heavy (non-hydrogen) atoms. The van der Waals surface area contributed by atoms with Crippen LogP contribution in [0.2, 0.25) is 0 Å². The minimum absolute atomic E-state index is 0.00824. The maximum atomic E-state index is 11.6. The quantitative estimate of drug-likeness (QED) is 0.629. The fourth-order valence-corrected chi connectivity index (χ4v) is 1.54. The van der Waals surface area contributed by atoms with Gasteiger partial charge in [-0.2, -0.15) is 0 Å². The van der Waals surface area contributed by atoms with Crippen molar-refractivity contribution in [2.24, 2.45) is 5.92 Å². The van der Waals surface area contributed by atoms with E-state index in [-0.39, 0.29) is 18.2 Å². The highest BCUT2D eigenvalue weighted by atomic mass is 16.2. The van der Waals surface area contributed by atoms with Gasteiger partial charge in [-0.1, -0.05) is 13.8 Å². The van der Waals surface area contributed by atoms with Gasteiger partial charge < -0.3 is 9.80 Å². The van der Waals surface area contributed by atoms with Crippen LogP contribution in [0.1, 0.15) is 20.8 Å². The van der Waals surface area contributed by atoms with Gasteiger partial charge in [-0.05, 0) is 6.92 Å². The molecule has 0 radical (unpaired) electrons. The lowest BCUT2D eigenvalue weighted by atomic mass is 10.1. The SMILES string of the molecule is CCN1CCN(CC(=O)C(C)C)C(=O)C1=O. The lowest BCUT2D eigenvalue weighted by molar-refractivity contribution is -0.156. The van der Waals surface area contributed by atoms with Crippen LogP contribution in [0.4, 0.5) is 0 Å². The molecule has 1 rings (SSSR count). The van der Waals surface area contributed by atoms with Crippen molar-refractivity contribution < 1.29 is 14.4 Å². The summed E-state index contributed by atoms with van der Waals surface area (Å²) < 4.78 is 0. The Hall–Kier alpha value is -1.39. The summed E-state index contributed by atoms with van der Waals surface area (Å²) in [4.78, 5) is 37.5. The number of rotatable bonds is 4. The van der Waals surface area contributed by atoms with Crippen molar-refractivity contribution in [3.05, 3.63) is 0 Å². The zero-order valence-corrected chi connectivity index (χ0v) is 10.0. The summed E-state index contributed by atoms with van der Waals surface area (Å²) in [5.41, 5.74) is 0. The summed E-state index contributed by atoms with van der Waals surface area (Å²) in [5, 5.41) is 0. The molecule has 0 aromatic rings. The monoisotopic (exact) mass is 226 g/mol. The molecule has 0 aromatic heterocycles. The molecule has 1 heterocycles. The molecular weight excluding hydrogens is 208 g/mol. The van der Waals surface area contributed by atoms with Crippen LogP contribution in [0.5, 0.6) is 0 Å². The van der Waals surface area contributed by atoms with Gasteiger partial charge in [0.25, 0.3) is 0 Å². The summed E-state index contributed by atoms with van der Waals surface area (Å²) in [5.74, 6) is -1.16. The lowest BCUT2D eigenvalue weighted by Gasteiger charge is -2.32. The number of piperazine rings is 1. The molecule has 0 aromatic carbocycles. The third kappa shape index (κ3) is 2.59. The van der Waals surface area contributed by atoms with Crippen molar-refractivity contribution >= 4 is 17.6 Å². The second kappa shape index (κ2) is 5.09. The molecule has 2 amide bonds. The first-order chi connectivity index (χ1) is 7.47. The number of nitrogens with zero attached hydrogens (tertiary/aromatic N) is 2. The average molecular weight is 226 g/mol. The minimum atomic E-state index is -0.554. The summed E-state index contributed by atoms with van der Waals surface area (Å²) in [6, 6.07) is 0. The van der Waals surface area contributed by atoms with Gasteiger partial charge in [0.1, 0.15) is 0 Å². The second-order valence-electron chi connectivity index (χ2n) is 4.23. The first-order valence-corrected chi connectivity index (χ1v) is 5.58. The molecule has 0 saturated carbocycles. The number of amides is 2. The van der Waals surface area contributed by atoms with Crippen LogP contribution < -0.4 is 0 Å². The van der Waals surface area contributed by atoms with Crippen LogP contribution in [0.3, 0.4) is 0 Å². The molecule has 0 unspecified atom stereocenters. The highest BCUT2D eigenvalue weighted by Crippen LogP contribution is 2.06. The molecule has 1 fully saturated rings. The zero-order valence-electron chi connectivity index (χ0n) is 10.0. The van der Waals surface area contributed by atoms with Gasteiger partial charge in [0.15, 0.2) is 5.78 Å². The fraction of sp³-hybridized carbons (Fsp3) is 0.727. The number of carbonyl (C=O) groups excluding carboxylic acids is 3. The smallest absolute Gasteiger partial charge is 0.312 e. The van der Waals surface area contributed by atoms with Crippen LogP contribution in [-0.4, -0.2) is 53.6 Å². The molecule has 0 aliphatic carbocycles. The van der Waals surface area contributed by atoms with Crippen LogP contribution in [0.25, 0.3) is 0 Å². The van der Waals surface area contributed by atoms with E-state index in [9.17, 15) is 14.4 Å². The third-order valence-electron chi connectivity index (χ3n) is 2.77. The van der Waals surface area contributed by atoms with Gasteiger partial charge in [-0.15, -0.1) is 0 Å². The van der Waals surface area contributed by atoms with Crippen molar-refractivity contribution in [1.29, 1.82) is 0 Å². The largest absolute Gasteiger partial charge is 0.333 e. The van der Waals surface area contributed by atoms with E-state index in [2.05, 4.69) is 0 Å². The van der Waals surface area contributed by atoms with Gasteiger partial charge in [-0.3, -0.25) is 14.4 Å². The van der Waals surface area contributed by atoms with Crippen LogP contribution >= 0.6 is 0 Å². The van der Waals surface area contributed by atoms with E-state index in [1.165, 1.54) is 9.80 Å². The van der Waals surface area contributed by atoms with Crippen molar-refractivity contribution in [1.82, 2.24) is 9.80 Å². The molecule has 5 nitrogen and oxygen atoms in total. The van der Waals surface area contributed by atoms with Crippen molar-refractivity contribution in [2.45, 2.75) is 20.8 Å². The number of hydrogen-bond donors (Lipinski definition) is 0. The van der Waals surface area contributed by atoms with E-state index in [1.807, 2.05) is 6.92 Å². The Balaban J connectivity index is 2.62. The highest BCUT2D eigenvalue weighted by Gasteiger charge is 2.32. The molecular formula is C11H18N2O3. The van der Waals surface area contributed by atoms with E-state index in [0.717, 1.165) is 0 Å². The van der Waals surface area contributed by atoms with E-state index in [0.29, 0.717) is 19.6 Å². The first kappa shape index (κ1) is 12.7. The Morgan fingerprint density at radius 3 is 2.19 bits per heavy atom. The van der Waals surface area contributed by atoms with Gasteiger partial charge in [0.2, 0.25) is 0 Å². The Morgan fingerprint density at radius 2 is 1.69 bits per heavy atom. The maximum absolute atomic E-state index is 11.6. The van der Waals surface area contributed by atoms with E-state index < -0.39 is 11.8 Å². The molecule has 0 atom stereocenters. The second-order valence-corrected chi connectivity index (χ2v) is 4.23. The molecule has 0 bridgehead atoms. The molecule has 1 aliphatic rings. The minimum Gasteiger partial charge on any atom is -0.333 e. The predicted octanol–water partition coefficient (Wildman–Crippen LogP) is -0.0978. The predicted molar refractivity (Wildman–Crippen MR) is 58.7 cm³/mol. The van der Waals surface area contributed by atoms with E-state index >= 15 is 0 Å². The lowest BCUT2D eigenvalue weighted by Crippen LogP contribution is -2.55. The number of Topliss-reactive ketones (excluding diaryl/α,β-unsaturated/α-hetero) is 1. The zero-order chi connectivity index (χ0) is 12.3. The van der Waals surface area contributed by atoms with E-state index in [4.69, 9.17) is 0 Å². The Labute approximate surface area is 95.4 Å². The number of carbonyl (C=O) groups is 3. The molecule has 0 spiro atoms. The topological polar surface area (TPSA) is 57.7 Å². The normalized spacial score (nSPS) is 17.2. The summed E-state index contributed by atoms with van der Waals surface area (Å²) in [6.07, 6.45) is 0. The molecule has 1 saturated heterocycles. The fourth-order valence-electron chi connectivity index (χ4n) is 1.54. The van der Waals surface area contributed by atoms with Gasteiger partial charge in [-0.25, -0.2) is 0 Å². The summed E-state index contributed by atoms with van der Waals surface area (Å²) in [7, 11) is 0. The summed E-state index contributed by atoms with van der Waals surface area (Å²) in [6.45, 7) is 6.98. The Kier molecular flexibility index (Phi) is 4.04. The Morgan fingerprint density at radius 1 is 1.19 bits per heavy atom. The molecule has 90 valence electrons. The van der Waals surface area contributed by atoms with Crippen LogP contribution in [0.15, 0.2) is 0 Å². The van der Waals surface area contributed by atoms with Crippen molar-refractivity contribution in [3.8, 4) is 0 Å². The third-order valence-corrected chi connectivity index (χ3v) is 2.77. The Bertz CT molecular complexity index is 312. The highest BCUT2D eigenvalue weighted by molar-refractivity contribution is 6.35. The number of ketones is 1. The maximum Gasteiger partial charge on any atom is 0.312 e. The van der Waals surface area contributed by atoms with Crippen molar-refractivity contribution in [2.75, 3.05) is 26.2 Å².